The first kappa shape index (κ1) is 13.0. The Morgan fingerprint density at radius 3 is 2.71 bits per heavy atom. The number of carbonyl (C=O) groups is 2. The zero-order chi connectivity index (χ0) is 12.8. The molecule has 5 heteroatoms. The van der Waals surface area contributed by atoms with E-state index in [4.69, 9.17) is 9.84 Å². The minimum atomic E-state index is -0.977. The standard InChI is InChI=1S/C12H15NO4/c1-8-3-4-10(7-11(8)12(15)16)17-6-5-13-9(2)14/h3-4,7H,5-6H2,1-2H3,(H,13,14)(H,15,16). The van der Waals surface area contributed by atoms with Crippen LogP contribution in [0, 0.1) is 6.92 Å². The van der Waals surface area contributed by atoms with Crippen LogP contribution in [0.2, 0.25) is 0 Å². The van der Waals surface area contributed by atoms with Gasteiger partial charge in [0.15, 0.2) is 0 Å². The smallest absolute Gasteiger partial charge is 0.336 e. The Morgan fingerprint density at radius 1 is 1.41 bits per heavy atom. The van der Waals surface area contributed by atoms with E-state index in [1.165, 1.54) is 13.0 Å². The van der Waals surface area contributed by atoms with E-state index in [2.05, 4.69) is 5.32 Å². The molecule has 92 valence electrons. The van der Waals surface area contributed by atoms with Gasteiger partial charge in [0.2, 0.25) is 5.91 Å². The van der Waals surface area contributed by atoms with Gasteiger partial charge in [-0.25, -0.2) is 4.79 Å². The molecule has 1 amide bonds. The zero-order valence-electron chi connectivity index (χ0n) is 9.82. The number of aryl methyl sites for hydroxylation is 1. The van der Waals surface area contributed by atoms with Crippen molar-refractivity contribution in [1.82, 2.24) is 5.32 Å². The summed E-state index contributed by atoms with van der Waals surface area (Å²) in [5.74, 6) is -0.614. The van der Waals surface area contributed by atoms with Crippen molar-refractivity contribution in [1.29, 1.82) is 0 Å². The minimum absolute atomic E-state index is 0.122. The number of carboxylic acid groups (broad SMARTS) is 1. The molecule has 0 aliphatic rings. The van der Waals surface area contributed by atoms with Crippen molar-refractivity contribution in [2.45, 2.75) is 13.8 Å². The topological polar surface area (TPSA) is 75.6 Å². The fourth-order valence-electron chi connectivity index (χ4n) is 1.32. The molecular weight excluding hydrogens is 222 g/mol. The Bertz CT molecular complexity index is 429. The minimum Gasteiger partial charge on any atom is -0.492 e. The van der Waals surface area contributed by atoms with Crippen LogP contribution in [0.1, 0.15) is 22.8 Å². The lowest BCUT2D eigenvalue weighted by atomic mass is 10.1. The highest BCUT2D eigenvalue weighted by Gasteiger charge is 2.08. The summed E-state index contributed by atoms with van der Waals surface area (Å²) in [5.41, 5.74) is 0.911. The maximum absolute atomic E-state index is 10.9. The molecule has 0 spiro atoms. The molecule has 5 nitrogen and oxygen atoms in total. The molecule has 0 saturated carbocycles. The van der Waals surface area contributed by atoms with Gasteiger partial charge in [-0.15, -0.1) is 0 Å². The molecule has 0 aliphatic heterocycles. The summed E-state index contributed by atoms with van der Waals surface area (Å²) in [7, 11) is 0. The van der Waals surface area contributed by atoms with Gasteiger partial charge in [0.05, 0.1) is 12.1 Å². The molecule has 0 radical (unpaired) electrons. The molecule has 0 aromatic heterocycles. The molecule has 2 N–H and O–H groups in total. The van der Waals surface area contributed by atoms with Gasteiger partial charge >= 0.3 is 5.97 Å². The average Bonchev–Trinajstić information content (AvgIpc) is 2.25. The van der Waals surface area contributed by atoms with Crippen LogP contribution < -0.4 is 10.1 Å². The first-order chi connectivity index (χ1) is 8.00. The Morgan fingerprint density at radius 2 is 2.12 bits per heavy atom. The monoisotopic (exact) mass is 237 g/mol. The molecule has 0 saturated heterocycles. The van der Waals surface area contributed by atoms with E-state index < -0.39 is 5.97 Å². The summed E-state index contributed by atoms with van der Waals surface area (Å²) >= 11 is 0. The second-order valence-corrected chi connectivity index (χ2v) is 3.61. The summed E-state index contributed by atoms with van der Waals surface area (Å²) < 4.78 is 5.32. The predicted molar refractivity (Wildman–Crippen MR) is 62.3 cm³/mol. The van der Waals surface area contributed by atoms with Gasteiger partial charge in [-0.3, -0.25) is 4.79 Å². The molecule has 1 aromatic rings. The van der Waals surface area contributed by atoms with Crippen LogP contribution in [0.5, 0.6) is 5.75 Å². The van der Waals surface area contributed by atoms with Gasteiger partial charge in [-0.05, 0) is 24.6 Å². The highest BCUT2D eigenvalue weighted by atomic mass is 16.5. The maximum atomic E-state index is 10.9. The Hall–Kier alpha value is -2.04. The third-order valence-electron chi connectivity index (χ3n) is 2.18. The molecule has 0 bridgehead atoms. The molecule has 1 aromatic carbocycles. The summed E-state index contributed by atoms with van der Waals surface area (Å²) in [5, 5.41) is 11.5. The van der Waals surface area contributed by atoms with Crippen molar-refractivity contribution in [2.75, 3.05) is 13.2 Å². The number of hydrogen-bond donors (Lipinski definition) is 2. The lowest BCUT2D eigenvalue weighted by Gasteiger charge is -2.08. The van der Waals surface area contributed by atoms with E-state index in [9.17, 15) is 9.59 Å². The number of ether oxygens (including phenoxy) is 1. The van der Waals surface area contributed by atoms with Gasteiger partial charge in [-0.2, -0.15) is 0 Å². The van der Waals surface area contributed by atoms with Crippen LogP contribution in [0.3, 0.4) is 0 Å². The fraction of sp³-hybridized carbons (Fsp3) is 0.333. The third kappa shape index (κ3) is 4.14. The normalized spacial score (nSPS) is 9.76. The van der Waals surface area contributed by atoms with Gasteiger partial charge < -0.3 is 15.2 Å². The van der Waals surface area contributed by atoms with Crippen LogP contribution in [0.4, 0.5) is 0 Å². The molecular formula is C12H15NO4. The fourth-order valence-corrected chi connectivity index (χ4v) is 1.32. The second kappa shape index (κ2) is 5.89. The number of benzene rings is 1. The van der Waals surface area contributed by atoms with Crippen molar-refractivity contribution in [3.8, 4) is 5.75 Å². The van der Waals surface area contributed by atoms with Crippen molar-refractivity contribution < 1.29 is 19.4 Å². The van der Waals surface area contributed by atoms with Gasteiger partial charge in [0.1, 0.15) is 12.4 Å². The number of nitrogens with one attached hydrogen (secondary N) is 1. The Labute approximate surface area is 99.4 Å². The first-order valence-electron chi connectivity index (χ1n) is 5.22. The number of rotatable bonds is 5. The van der Waals surface area contributed by atoms with Crippen LogP contribution >= 0.6 is 0 Å². The molecule has 1 rings (SSSR count). The summed E-state index contributed by atoms with van der Waals surface area (Å²) in [6, 6.07) is 4.87. The van der Waals surface area contributed by atoms with E-state index in [1.807, 2.05) is 0 Å². The second-order valence-electron chi connectivity index (χ2n) is 3.61. The van der Waals surface area contributed by atoms with Crippen LogP contribution in [-0.4, -0.2) is 30.1 Å². The molecule has 0 atom stereocenters. The molecule has 0 heterocycles. The van der Waals surface area contributed by atoms with Crippen LogP contribution in [0.15, 0.2) is 18.2 Å². The highest BCUT2D eigenvalue weighted by Crippen LogP contribution is 2.17. The first-order valence-corrected chi connectivity index (χ1v) is 5.22. The lowest BCUT2D eigenvalue weighted by Crippen LogP contribution is -2.25. The van der Waals surface area contributed by atoms with Crippen LogP contribution in [-0.2, 0) is 4.79 Å². The molecule has 0 fully saturated rings. The van der Waals surface area contributed by atoms with E-state index in [1.54, 1.807) is 19.1 Å². The van der Waals surface area contributed by atoms with Gasteiger partial charge in [-0.1, -0.05) is 6.07 Å². The third-order valence-corrected chi connectivity index (χ3v) is 2.18. The molecule has 0 unspecified atom stereocenters. The van der Waals surface area contributed by atoms with E-state index in [-0.39, 0.29) is 11.5 Å². The van der Waals surface area contributed by atoms with Gasteiger partial charge in [0, 0.05) is 6.92 Å². The molecule has 0 aliphatic carbocycles. The number of amides is 1. The summed E-state index contributed by atoms with van der Waals surface area (Å²) in [6.45, 7) is 3.85. The Balaban J connectivity index is 2.57. The predicted octanol–water partition coefficient (Wildman–Crippen LogP) is 1.21. The maximum Gasteiger partial charge on any atom is 0.336 e. The van der Waals surface area contributed by atoms with E-state index in [0.29, 0.717) is 24.5 Å². The number of carboxylic acids is 1. The number of hydrogen-bond acceptors (Lipinski definition) is 3. The van der Waals surface area contributed by atoms with E-state index >= 15 is 0 Å². The number of carbonyl (C=O) groups excluding carboxylic acids is 1. The zero-order valence-corrected chi connectivity index (χ0v) is 9.82. The quantitative estimate of drug-likeness (QED) is 0.755. The lowest BCUT2D eigenvalue weighted by molar-refractivity contribution is -0.119. The van der Waals surface area contributed by atoms with Crippen LogP contribution in [0.25, 0.3) is 0 Å². The van der Waals surface area contributed by atoms with Crippen molar-refractivity contribution in [2.24, 2.45) is 0 Å². The van der Waals surface area contributed by atoms with Crippen molar-refractivity contribution in [3.63, 3.8) is 0 Å². The summed E-state index contributed by atoms with van der Waals surface area (Å²) in [4.78, 5) is 21.5. The largest absolute Gasteiger partial charge is 0.492 e. The van der Waals surface area contributed by atoms with E-state index in [0.717, 1.165) is 0 Å². The average molecular weight is 237 g/mol. The van der Waals surface area contributed by atoms with Crippen molar-refractivity contribution >= 4 is 11.9 Å². The van der Waals surface area contributed by atoms with Gasteiger partial charge in [0.25, 0.3) is 0 Å². The SMILES string of the molecule is CC(=O)NCCOc1ccc(C)c(C(=O)O)c1. The van der Waals surface area contributed by atoms with Crippen molar-refractivity contribution in [3.05, 3.63) is 29.3 Å². The Kier molecular flexibility index (Phi) is 4.51. The number of aromatic carboxylic acids is 1. The molecule has 17 heavy (non-hydrogen) atoms. The highest BCUT2D eigenvalue weighted by molar-refractivity contribution is 5.89. The summed E-state index contributed by atoms with van der Waals surface area (Å²) in [6.07, 6.45) is 0.